The zero-order valence-electron chi connectivity index (χ0n) is 13.8. The third-order valence-electron chi connectivity index (χ3n) is 4.15. The Morgan fingerprint density at radius 2 is 2.08 bits per heavy atom. The van der Waals surface area contributed by atoms with Gasteiger partial charge in [0.2, 0.25) is 5.11 Å². The van der Waals surface area contributed by atoms with Crippen molar-refractivity contribution in [2.24, 2.45) is 10.9 Å². The van der Waals surface area contributed by atoms with Crippen molar-refractivity contribution in [3.63, 3.8) is 0 Å². The van der Waals surface area contributed by atoms with Crippen molar-refractivity contribution in [2.75, 3.05) is 0 Å². The molecule has 1 atom stereocenters. The predicted octanol–water partition coefficient (Wildman–Crippen LogP) is 3.00. The molecular formula is C17H16ClN5O2S. The Kier molecular flexibility index (Phi) is 5.17. The Balaban J connectivity index is 2.17. The first-order valence-electron chi connectivity index (χ1n) is 7.82. The van der Waals surface area contributed by atoms with Crippen LogP contribution >= 0.6 is 23.8 Å². The van der Waals surface area contributed by atoms with E-state index < -0.39 is 4.92 Å². The number of hydrazine groups is 1. The van der Waals surface area contributed by atoms with Gasteiger partial charge in [-0.3, -0.25) is 15.5 Å². The van der Waals surface area contributed by atoms with E-state index in [-0.39, 0.29) is 16.8 Å². The number of hydrogen-bond donors (Lipinski definition) is 2. The van der Waals surface area contributed by atoms with Crippen molar-refractivity contribution in [3.8, 4) is 0 Å². The van der Waals surface area contributed by atoms with Gasteiger partial charge in [0.05, 0.1) is 16.7 Å². The molecule has 0 radical (unpaired) electrons. The number of hydrogen-bond acceptors (Lipinski definition) is 5. The molecule has 0 fully saturated rings. The van der Waals surface area contributed by atoms with E-state index in [1.165, 1.54) is 12.1 Å². The number of nitrogens with two attached hydrogens (primary N) is 1. The summed E-state index contributed by atoms with van der Waals surface area (Å²) in [7, 11) is 0. The van der Waals surface area contributed by atoms with Gasteiger partial charge in [-0.25, -0.2) is 10.9 Å². The number of nitrogens with zero attached hydrogens (tertiary/aromatic N) is 3. The Morgan fingerprint density at radius 3 is 2.69 bits per heavy atom. The van der Waals surface area contributed by atoms with Crippen LogP contribution in [-0.4, -0.2) is 26.8 Å². The molecule has 0 saturated heterocycles. The molecule has 2 aromatic rings. The molecule has 1 unspecified atom stereocenters. The first kappa shape index (κ1) is 18.2. The maximum Gasteiger partial charge on any atom is 0.269 e. The molecule has 2 aromatic carbocycles. The lowest BCUT2D eigenvalue weighted by molar-refractivity contribution is -0.384. The fraction of sp³-hybridized carbons (Fsp3) is 0.176. The van der Waals surface area contributed by atoms with E-state index in [1.807, 2.05) is 25.1 Å². The topological polar surface area (TPSA) is 96.8 Å². The molecule has 0 aliphatic carbocycles. The van der Waals surface area contributed by atoms with Gasteiger partial charge in [0.25, 0.3) is 5.69 Å². The smallest absolute Gasteiger partial charge is 0.269 e. The standard InChI is InChI=1S/C17H16ClN5O2S/c1-10-8-12-2-5-13(18)9-15(12)16(21-22(10)17(26)20-19)11-3-6-14(7-4-11)23(24)25/h2-7,9-10H,8,19H2,1H3,(H,20,26). The molecule has 0 bridgehead atoms. The van der Waals surface area contributed by atoms with E-state index in [4.69, 9.17) is 34.8 Å². The molecule has 0 spiro atoms. The molecule has 7 nitrogen and oxygen atoms in total. The second-order valence-electron chi connectivity index (χ2n) is 5.90. The second-order valence-corrected chi connectivity index (χ2v) is 6.72. The van der Waals surface area contributed by atoms with Gasteiger partial charge in [0, 0.05) is 28.3 Å². The van der Waals surface area contributed by atoms with E-state index in [1.54, 1.807) is 17.1 Å². The lowest BCUT2D eigenvalue weighted by atomic mass is 9.95. The van der Waals surface area contributed by atoms with Crippen LogP contribution in [0.4, 0.5) is 5.69 Å². The number of nitro groups is 1. The van der Waals surface area contributed by atoms with Crippen LogP contribution in [-0.2, 0) is 6.42 Å². The first-order valence-corrected chi connectivity index (χ1v) is 8.61. The van der Waals surface area contributed by atoms with Crippen LogP contribution < -0.4 is 11.3 Å². The maximum absolute atomic E-state index is 10.9. The summed E-state index contributed by atoms with van der Waals surface area (Å²) in [5, 5.41) is 18.1. The summed E-state index contributed by atoms with van der Waals surface area (Å²) in [6, 6.07) is 11.8. The van der Waals surface area contributed by atoms with Crippen LogP contribution in [0.15, 0.2) is 47.6 Å². The summed E-state index contributed by atoms with van der Waals surface area (Å²) in [4.78, 5) is 10.5. The molecule has 1 aliphatic heterocycles. The highest BCUT2D eigenvalue weighted by Crippen LogP contribution is 2.27. The van der Waals surface area contributed by atoms with Gasteiger partial charge in [-0.1, -0.05) is 17.7 Å². The molecule has 1 heterocycles. The van der Waals surface area contributed by atoms with Gasteiger partial charge in [-0.15, -0.1) is 0 Å². The van der Waals surface area contributed by atoms with Gasteiger partial charge >= 0.3 is 0 Å². The molecule has 1 aliphatic rings. The molecule has 3 rings (SSSR count). The van der Waals surface area contributed by atoms with E-state index in [0.717, 1.165) is 16.7 Å². The van der Waals surface area contributed by atoms with Crippen LogP contribution in [0.5, 0.6) is 0 Å². The average molecular weight is 390 g/mol. The van der Waals surface area contributed by atoms with Crippen molar-refractivity contribution in [1.29, 1.82) is 0 Å². The Hall–Kier alpha value is -2.55. The summed E-state index contributed by atoms with van der Waals surface area (Å²) < 4.78 is 0. The van der Waals surface area contributed by atoms with Gasteiger partial charge in [0.1, 0.15) is 0 Å². The Labute approximate surface area is 160 Å². The van der Waals surface area contributed by atoms with Crippen molar-refractivity contribution in [3.05, 3.63) is 74.3 Å². The fourth-order valence-corrected chi connectivity index (χ4v) is 3.27. The van der Waals surface area contributed by atoms with Crippen LogP contribution in [0.2, 0.25) is 5.02 Å². The van der Waals surface area contributed by atoms with Crippen LogP contribution in [0, 0.1) is 10.1 Å². The summed E-state index contributed by atoms with van der Waals surface area (Å²) in [6.45, 7) is 1.99. The van der Waals surface area contributed by atoms with Gasteiger partial charge in [-0.2, -0.15) is 5.10 Å². The van der Waals surface area contributed by atoms with Gasteiger partial charge in [0.15, 0.2) is 0 Å². The lowest BCUT2D eigenvalue weighted by Gasteiger charge is -2.24. The molecule has 0 saturated carbocycles. The number of non-ortho nitro benzene ring substituents is 1. The number of nitro benzene ring substituents is 1. The van der Waals surface area contributed by atoms with Crippen molar-refractivity contribution in [2.45, 2.75) is 19.4 Å². The number of thiocarbonyl (C=S) groups is 1. The van der Waals surface area contributed by atoms with E-state index in [0.29, 0.717) is 17.2 Å². The van der Waals surface area contributed by atoms with Crippen molar-refractivity contribution in [1.82, 2.24) is 10.4 Å². The Morgan fingerprint density at radius 1 is 1.38 bits per heavy atom. The lowest BCUT2D eigenvalue weighted by Crippen LogP contribution is -2.45. The van der Waals surface area contributed by atoms with E-state index >= 15 is 0 Å². The summed E-state index contributed by atoms with van der Waals surface area (Å²) in [5.41, 5.74) is 5.74. The third-order valence-corrected chi connectivity index (χ3v) is 4.69. The largest absolute Gasteiger partial charge is 0.299 e. The minimum absolute atomic E-state index is 0.0126. The molecule has 0 amide bonds. The Bertz CT molecular complexity index is 901. The number of benzene rings is 2. The molecule has 9 heteroatoms. The third kappa shape index (κ3) is 3.52. The van der Waals surface area contributed by atoms with E-state index in [2.05, 4.69) is 5.43 Å². The summed E-state index contributed by atoms with van der Waals surface area (Å²) in [6.07, 6.45) is 0.689. The number of fused-ring (bicyclic) bond motifs is 1. The number of halogens is 1. The summed E-state index contributed by atoms with van der Waals surface area (Å²) >= 11 is 11.5. The maximum atomic E-state index is 10.9. The van der Waals surface area contributed by atoms with Crippen molar-refractivity contribution < 1.29 is 4.92 Å². The molecule has 26 heavy (non-hydrogen) atoms. The summed E-state index contributed by atoms with van der Waals surface area (Å²) in [5.74, 6) is 5.48. The minimum atomic E-state index is -0.439. The van der Waals surface area contributed by atoms with Crippen LogP contribution in [0.1, 0.15) is 23.6 Å². The molecule has 3 N–H and O–H groups in total. The predicted molar refractivity (Wildman–Crippen MR) is 105 cm³/mol. The highest BCUT2D eigenvalue weighted by Gasteiger charge is 2.25. The SMILES string of the molecule is CC1Cc2ccc(Cl)cc2C(c2ccc([N+](=O)[O-])cc2)=NN1C(=S)NN. The van der Waals surface area contributed by atoms with Crippen LogP contribution in [0.3, 0.4) is 0 Å². The quantitative estimate of drug-likeness (QED) is 0.354. The van der Waals surface area contributed by atoms with E-state index in [9.17, 15) is 10.1 Å². The van der Waals surface area contributed by atoms with Gasteiger partial charge < -0.3 is 0 Å². The number of rotatable bonds is 2. The fourth-order valence-electron chi connectivity index (χ4n) is 2.88. The average Bonchev–Trinajstić information content (AvgIpc) is 2.77. The minimum Gasteiger partial charge on any atom is -0.299 e. The second kappa shape index (κ2) is 7.36. The normalized spacial score (nSPS) is 16.3. The molecule has 134 valence electrons. The highest BCUT2D eigenvalue weighted by molar-refractivity contribution is 7.80. The highest BCUT2D eigenvalue weighted by atomic mass is 35.5. The molecular weight excluding hydrogens is 374 g/mol. The zero-order valence-corrected chi connectivity index (χ0v) is 15.4. The number of hydrazone groups is 1. The van der Waals surface area contributed by atoms with Crippen LogP contribution in [0.25, 0.3) is 0 Å². The monoisotopic (exact) mass is 389 g/mol. The van der Waals surface area contributed by atoms with Crippen molar-refractivity contribution >= 4 is 40.3 Å². The number of nitrogens with one attached hydrogen (secondary N) is 1. The first-order chi connectivity index (χ1) is 12.4. The molecule has 0 aromatic heterocycles. The zero-order chi connectivity index (χ0) is 18.8. The van der Waals surface area contributed by atoms with Gasteiger partial charge in [-0.05, 0) is 55.4 Å².